The summed E-state index contributed by atoms with van der Waals surface area (Å²) in [6, 6.07) is 17.0. The van der Waals surface area contributed by atoms with Gasteiger partial charge < -0.3 is 14.4 Å². The first-order chi connectivity index (χ1) is 17.5. The van der Waals surface area contributed by atoms with Gasteiger partial charge in [0.15, 0.2) is 11.5 Å². The van der Waals surface area contributed by atoms with E-state index in [0.717, 1.165) is 24.1 Å². The Hall–Kier alpha value is -3.35. The summed E-state index contributed by atoms with van der Waals surface area (Å²) in [4.78, 5) is 29.6. The highest BCUT2D eigenvalue weighted by molar-refractivity contribution is 8.26. The number of hydrogen-bond acceptors (Lipinski definition) is 7. The average molecular weight is 524 g/mol. The summed E-state index contributed by atoms with van der Waals surface area (Å²) in [5, 5.41) is 8.94. The first-order valence-corrected chi connectivity index (χ1v) is 12.9. The first-order valence-electron chi connectivity index (χ1n) is 11.7. The molecule has 1 aliphatic heterocycles. The van der Waals surface area contributed by atoms with Gasteiger partial charge in [-0.15, -0.1) is 0 Å². The van der Waals surface area contributed by atoms with Crippen molar-refractivity contribution in [3.63, 3.8) is 0 Å². The molecule has 3 rings (SSSR count). The molecule has 0 N–H and O–H groups in total. The van der Waals surface area contributed by atoms with Crippen molar-refractivity contribution in [3.05, 3.63) is 59.0 Å². The van der Waals surface area contributed by atoms with Crippen molar-refractivity contribution in [3.8, 4) is 17.6 Å². The lowest BCUT2D eigenvalue weighted by atomic mass is 10.1. The number of benzene rings is 2. The van der Waals surface area contributed by atoms with Crippen molar-refractivity contribution < 1.29 is 19.1 Å². The minimum absolute atomic E-state index is 0.0000791. The van der Waals surface area contributed by atoms with E-state index in [-0.39, 0.29) is 18.2 Å². The van der Waals surface area contributed by atoms with Gasteiger partial charge in [-0.05, 0) is 48.7 Å². The van der Waals surface area contributed by atoms with Gasteiger partial charge in [-0.2, -0.15) is 5.26 Å². The maximum absolute atomic E-state index is 12.9. The van der Waals surface area contributed by atoms with Gasteiger partial charge in [-0.1, -0.05) is 54.7 Å². The van der Waals surface area contributed by atoms with Crippen LogP contribution in [-0.2, 0) is 9.59 Å². The number of unbranched alkanes of at least 4 members (excludes halogenated alkanes) is 2. The van der Waals surface area contributed by atoms with Crippen LogP contribution in [0.5, 0.6) is 11.5 Å². The molecule has 0 unspecified atom stereocenters. The largest absolute Gasteiger partial charge is 0.493 e. The molecule has 0 atom stereocenters. The number of hydrogen-bond donors (Lipinski definition) is 0. The second-order valence-corrected chi connectivity index (χ2v) is 9.72. The lowest BCUT2D eigenvalue weighted by Gasteiger charge is -2.22. The number of rotatable bonds is 12. The number of thioether (sulfide) groups is 1. The zero-order valence-electron chi connectivity index (χ0n) is 20.4. The number of ether oxygens (including phenoxy) is 2. The number of nitriles is 1. The van der Waals surface area contributed by atoms with Gasteiger partial charge in [-0.25, -0.2) is 0 Å². The minimum Gasteiger partial charge on any atom is -0.493 e. The van der Waals surface area contributed by atoms with E-state index in [4.69, 9.17) is 27.0 Å². The van der Waals surface area contributed by atoms with E-state index in [1.54, 1.807) is 36.2 Å². The molecular weight excluding hydrogens is 494 g/mol. The van der Waals surface area contributed by atoms with Crippen molar-refractivity contribution in [2.75, 3.05) is 32.2 Å². The van der Waals surface area contributed by atoms with E-state index in [0.29, 0.717) is 46.7 Å². The van der Waals surface area contributed by atoms with Crippen LogP contribution in [0.15, 0.2) is 53.4 Å². The van der Waals surface area contributed by atoms with Gasteiger partial charge in [0.2, 0.25) is 5.91 Å². The van der Waals surface area contributed by atoms with Crippen LogP contribution < -0.4 is 14.4 Å². The molecule has 188 valence electrons. The average Bonchev–Trinajstić information content (AvgIpc) is 3.16. The van der Waals surface area contributed by atoms with Crippen LogP contribution in [0.2, 0.25) is 0 Å². The predicted octanol–water partition coefficient (Wildman–Crippen LogP) is 5.41. The zero-order valence-corrected chi connectivity index (χ0v) is 22.1. The van der Waals surface area contributed by atoms with Gasteiger partial charge in [0.25, 0.3) is 5.91 Å². The first kappa shape index (κ1) is 27.2. The van der Waals surface area contributed by atoms with Crippen molar-refractivity contribution in [2.24, 2.45) is 0 Å². The summed E-state index contributed by atoms with van der Waals surface area (Å²) in [7, 11) is 3.15. The van der Waals surface area contributed by atoms with Crippen molar-refractivity contribution in [1.82, 2.24) is 4.90 Å². The van der Waals surface area contributed by atoms with E-state index in [9.17, 15) is 9.59 Å². The zero-order chi connectivity index (χ0) is 25.9. The molecule has 1 saturated heterocycles. The third-order valence-corrected chi connectivity index (χ3v) is 7.05. The molecule has 0 aromatic heterocycles. The molecule has 0 saturated carbocycles. The Morgan fingerprint density at radius 2 is 1.86 bits per heavy atom. The molecule has 2 aromatic carbocycles. The molecule has 36 heavy (non-hydrogen) atoms. The van der Waals surface area contributed by atoms with Gasteiger partial charge in [-0.3, -0.25) is 14.5 Å². The highest BCUT2D eigenvalue weighted by atomic mass is 32.2. The molecular formula is C27H29N3O4S2. The standard InChI is InChI=1S/C27H29N3O4S2/c1-33-22-14-13-20(18-23(22)34-2)19-24-26(32)30(27(35)36-24)16-8-4-7-12-25(31)29(17-9-15-28)21-10-5-3-6-11-21/h3,5-6,10-11,13-14,18-19H,4,7-9,12,16-17H2,1-2H3/b24-19-. The van der Waals surface area contributed by atoms with Crippen LogP contribution in [0.3, 0.4) is 0 Å². The molecule has 7 nitrogen and oxygen atoms in total. The molecule has 1 fully saturated rings. The SMILES string of the molecule is COc1ccc(/C=C2\SC(=S)N(CCCCCC(=O)N(CCC#N)c3ccccc3)C2=O)cc1OC. The summed E-state index contributed by atoms with van der Waals surface area (Å²) in [6.07, 6.45) is 4.71. The predicted molar refractivity (Wildman–Crippen MR) is 147 cm³/mol. The van der Waals surface area contributed by atoms with Gasteiger partial charge in [0.05, 0.1) is 31.6 Å². The number of amides is 2. The second kappa shape index (κ2) is 13.7. The Balaban J connectivity index is 1.50. The number of thiocarbonyl (C=S) groups is 1. The van der Waals surface area contributed by atoms with Crippen LogP contribution in [0.25, 0.3) is 6.08 Å². The molecule has 0 radical (unpaired) electrons. The van der Waals surface area contributed by atoms with Gasteiger partial charge in [0, 0.05) is 25.2 Å². The summed E-state index contributed by atoms with van der Waals surface area (Å²) in [6.45, 7) is 0.890. The number of anilines is 1. The fourth-order valence-electron chi connectivity index (χ4n) is 3.81. The Kier molecular flexibility index (Phi) is 10.3. The Morgan fingerprint density at radius 3 is 2.56 bits per heavy atom. The smallest absolute Gasteiger partial charge is 0.266 e. The fraction of sp³-hybridized carbons (Fsp3) is 0.333. The lowest BCUT2D eigenvalue weighted by Crippen LogP contribution is -2.31. The van der Waals surface area contributed by atoms with Gasteiger partial charge in [0.1, 0.15) is 4.32 Å². The number of nitrogens with zero attached hydrogens (tertiary/aromatic N) is 3. The monoisotopic (exact) mass is 523 g/mol. The number of para-hydroxylation sites is 1. The maximum atomic E-state index is 12.9. The number of carbonyl (C=O) groups is 2. The Labute approximate surface area is 221 Å². The molecule has 0 spiro atoms. The topological polar surface area (TPSA) is 82.9 Å². The summed E-state index contributed by atoms with van der Waals surface area (Å²) < 4.78 is 11.1. The van der Waals surface area contributed by atoms with E-state index in [1.807, 2.05) is 42.5 Å². The van der Waals surface area contributed by atoms with E-state index in [2.05, 4.69) is 6.07 Å². The van der Waals surface area contributed by atoms with Gasteiger partial charge >= 0.3 is 0 Å². The molecule has 1 aliphatic rings. The summed E-state index contributed by atoms with van der Waals surface area (Å²) >= 11 is 6.73. The summed E-state index contributed by atoms with van der Waals surface area (Å²) in [5.41, 5.74) is 1.63. The van der Waals surface area contributed by atoms with Crippen LogP contribution in [0.4, 0.5) is 5.69 Å². The van der Waals surface area contributed by atoms with Crippen molar-refractivity contribution >= 4 is 51.9 Å². The third kappa shape index (κ3) is 7.09. The third-order valence-electron chi connectivity index (χ3n) is 5.67. The number of carbonyl (C=O) groups excluding carboxylic acids is 2. The fourth-order valence-corrected chi connectivity index (χ4v) is 5.12. The molecule has 0 aliphatic carbocycles. The number of methoxy groups -OCH3 is 2. The summed E-state index contributed by atoms with van der Waals surface area (Å²) in [5.74, 6) is 1.11. The van der Waals surface area contributed by atoms with Crippen LogP contribution in [-0.4, -0.2) is 48.3 Å². The Morgan fingerprint density at radius 1 is 1.11 bits per heavy atom. The van der Waals surface area contributed by atoms with Crippen LogP contribution in [0, 0.1) is 11.3 Å². The minimum atomic E-state index is -0.109. The highest BCUT2D eigenvalue weighted by Crippen LogP contribution is 2.34. The van der Waals surface area contributed by atoms with Crippen molar-refractivity contribution in [2.45, 2.75) is 32.1 Å². The lowest BCUT2D eigenvalue weighted by molar-refractivity contribution is -0.122. The van der Waals surface area contributed by atoms with Crippen LogP contribution >= 0.6 is 24.0 Å². The van der Waals surface area contributed by atoms with Crippen molar-refractivity contribution in [1.29, 1.82) is 5.26 Å². The van der Waals surface area contributed by atoms with E-state index >= 15 is 0 Å². The molecule has 2 amide bonds. The Bertz CT molecular complexity index is 1160. The van der Waals surface area contributed by atoms with E-state index < -0.39 is 0 Å². The molecule has 9 heteroatoms. The quantitative estimate of drug-likeness (QED) is 0.209. The molecule has 1 heterocycles. The van der Waals surface area contributed by atoms with E-state index in [1.165, 1.54) is 11.8 Å². The molecule has 2 aromatic rings. The highest BCUT2D eigenvalue weighted by Gasteiger charge is 2.31. The normalized spacial score (nSPS) is 14.1. The molecule has 0 bridgehead atoms. The maximum Gasteiger partial charge on any atom is 0.266 e. The second-order valence-electron chi connectivity index (χ2n) is 8.05. The van der Waals surface area contributed by atoms with Crippen LogP contribution in [0.1, 0.15) is 37.7 Å².